The summed E-state index contributed by atoms with van der Waals surface area (Å²) in [5.74, 6) is 1.74. The second-order valence-corrected chi connectivity index (χ2v) is 7.28. The molecule has 1 fully saturated rings. The van der Waals surface area contributed by atoms with Crippen LogP contribution < -0.4 is 5.32 Å². The molecule has 0 unspecified atom stereocenters. The number of aliphatic hydroxyl groups is 2. The van der Waals surface area contributed by atoms with Crippen molar-refractivity contribution in [2.45, 2.75) is 37.6 Å². The number of hydrogen-bond donors (Lipinski definition) is 6. The Bertz CT molecular complexity index is 996. The lowest BCUT2D eigenvalue weighted by Crippen LogP contribution is -2.65. The van der Waals surface area contributed by atoms with E-state index in [1.807, 2.05) is 0 Å². The fraction of sp³-hybridized carbons (Fsp3) is 0.409. The molecule has 1 aliphatic heterocycles. The number of carboxylic acids is 2. The van der Waals surface area contributed by atoms with E-state index in [1.165, 1.54) is 25.1 Å². The Hall–Kier alpha value is -3.47. The number of rotatable bonds is 9. The minimum atomic E-state index is -1.43. The number of carboxylic acid groups (broad SMARTS) is 2. The molecule has 2 rings (SSSR count). The molecule has 184 valence electrons. The third-order valence-electron chi connectivity index (χ3n) is 4.76. The van der Waals surface area contributed by atoms with Crippen LogP contribution in [0.1, 0.15) is 22.8 Å². The molecule has 0 saturated carbocycles. The molecule has 12 heteroatoms. The Labute approximate surface area is 194 Å². The van der Waals surface area contributed by atoms with Crippen LogP contribution in [0.15, 0.2) is 30.4 Å². The Kier molecular flexibility index (Phi) is 9.55. The van der Waals surface area contributed by atoms with Crippen LogP contribution >= 0.6 is 0 Å². The SMILES string of the molecule is C=C(CO[C@H]1[C@H](O)[C@H](CO)O[C@@H](OCC#Cc2ccc(O)c(C(=O)O)c2)[C@H]1NC(C)=O)C(=O)O. The number of carbonyl (C=O) groups is 3. The number of aromatic hydroxyl groups is 1. The summed E-state index contributed by atoms with van der Waals surface area (Å²) in [6.07, 6.45) is -5.04. The second-order valence-electron chi connectivity index (χ2n) is 7.28. The normalized spacial score (nSPS) is 23.9. The molecule has 1 aliphatic rings. The predicted octanol–water partition coefficient (Wildman–Crippen LogP) is -0.933. The maximum Gasteiger partial charge on any atom is 0.339 e. The largest absolute Gasteiger partial charge is 0.507 e. The van der Waals surface area contributed by atoms with E-state index in [0.29, 0.717) is 5.56 Å². The highest BCUT2D eigenvalue weighted by molar-refractivity contribution is 5.91. The highest BCUT2D eigenvalue weighted by Crippen LogP contribution is 2.25. The first-order valence-electron chi connectivity index (χ1n) is 9.96. The highest BCUT2D eigenvalue weighted by atomic mass is 16.7. The number of hydrogen-bond acceptors (Lipinski definition) is 9. The number of aliphatic hydroxyl groups excluding tert-OH is 2. The molecule has 12 nitrogen and oxygen atoms in total. The minimum Gasteiger partial charge on any atom is -0.507 e. The van der Waals surface area contributed by atoms with Gasteiger partial charge < -0.3 is 45.1 Å². The van der Waals surface area contributed by atoms with Gasteiger partial charge in [-0.25, -0.2) is 9.59 Å². The van der Waals surface area contributed by atoms with Crippen molar-refractivity contribution in [2.24, 2.45) is 0 Å². The van der Waals surface area contributed by atoms with E-state index in [1.54, 1.807) is 0 Å². The lowest BCUT2D eigenvalue weighted by Gasteiger charge is -2.43. The molecule has 1 aromatic rings. The minimum absolute atomic E-state index is 0.271. The number of carbonyl (C=O) groups excluding carboxylic acids is 1. The maximum absolute atomic E-state index is 11.7. The van der Waals surface area contributed by atoms with Gasteiger partial charge in [0.05, 0.1) is 18.8 Å². The summed E-state index contributed by atoms with van der Waals surface area (Å²) in [4.78, 5) is 33.8. The second kappa shape index (κ2) is 12.1. The molecule has 0 aliphatic carbocycles. The summed E-state index contributed by atoms with van der Waals surface area (Å²) in [7, 11) is 0. The van der Waals surface area contributed by atoms with E-state index in [0.717, 1.165) is 0 Å². The van der Waals surface area contributed by atoms with E-state index >= 15 is 0 Å². The molecule has 6 N–H and O–H groups in total. The highest BCUT2D eigenvalue weighted by Gasteiger charge is 2.47. The number of phenols is 1. The molecule has 0 bridgehead atoms. The van der Waals surface area contributed by atoms with Crippen LogP contribution in [0.5, 0.6) is 5.75 Å². The summed E-state index contributed by atoms with van der Waals surface area (Å²) in [5, 5.41) is 50.2. The third kappa shape index (κ3) is 7.01. The zero-order valence-electron chi connectivity index (χ0n) is 18.1. The first-order valence-corrected chi connectivity index (χ1v) is 9.96. The van der Waals surface area contributed by atoms with E-state index < -0.39 is 67.5 Å². The van der Waals surface area contributed by atoms with Gasteiger partial charge in [0.2, 0.25) is 5.91 Å². The molecule has 1 saturated heterocycles. The first kappa shape index (κ1) is 26.8. The van der Waals surface area contributed by atoms with Crippen molar-refractivity contribution < 1.29 is 54.1 Å². The van der Waals surface area contributed by atoms with Crippen molar-refractivity contribution in [1.29, 1.82) is 0 Å². The van der Waals surface area contributed by atoms with Gasteiger partial charge in [0, 0.05) is 12.5 Å². The molecular weight excluding hydrogens is 454 g/mol. The lowest BCUT2D eigenvalue weighted by atomic mass is 9.96. The molecular formula is C22H25NO11. The van der Waals surface area contributed by atoms with Gasteiger partial charge in [0.1, 0.15) is 42.3 Å². The van der Waals surface area contributed by atoms with Crippen LogP contribution in [0.25, 0.3) is 0 Å². The van der Waals surface area contributed by atoms with Crippen molar-refractivity contribution >= 4 is 17.8 Å². The van der Waals surface area contributed by atoms with Gasteiger partial charge in [0.25, 0.3) is 0 Å². The van der Waals surface area contributed by atoms with E-state index in [-0.39, 0.29) is 17.7 Å². The van der Waals surface area contributed by atoms with Crippen LogP contribution in [0.3, 0.4) is 0 Å². The first-order chi connectivity index (χ1) is 16.0. The lowest BCUT2D eigenvalue weighted by molar-refractivity contribution is -0.272. The summed E-state index contributed by atoms with van der Waals surface area (Å²) in [6.45, 7) is 3.19. The topological polar surface area (TPSA) is 192 Å². The van der Waals surface area contributed by atoms with Gasteiger partial charge in [-0.05, 0) is 18.2 Å². The monoisotopic (exact) mass is 479 g/mol. The predicted molar refractivity (Wildman–Crippen MR) is 114 cm³/mol. The van der Waals surface area contributed by atoms with Gasteiger partial charge in [-0.15, -0.1) is 0 Å². The Morgan fingerprint density at radius 3 is 2.53 bits per heavy atom. The van der Waals surface area contributed by atoms with Crippen LogP contribution in [-0.4, -0.2) is 93.8 Å². The quantitative estimate of drug-likeness (QED) is 0.189. The molecule has 1 amide bonds. The van der Waals surface area contributed by atoms with Crippen molar-refractivity contribution in [1.82, 2.24) is 5.32 Å². The molecule has 1 heterocycles. The molecule has 0 aromatic heterocycles. The summed E-state index contributed by atoms with van der Waals surface area (Å²) in [5.41, 5.74) is -0.325. The van der Waals surface area contributed by atoms with Crippen LogP contribution in [0, 0.1) is 11.8 Å². The molecule has 0 radical (unpaired) electrons. The Morgan fingerprint density at radius 1 is 1.24 bits per heavy atom. The van der Waals surface area contributed by atoms with Crippen molar-refractivity contribution in [3.63, 3.8) is 0 Å². The average molecular weight is 479 g/mol. The third-order valence-corrected chi connectivity index (χ3v) is 4.76. The fourth-order valence-electron chi connectivity index (χ4n) is 3.10. The zero-order valence-corrected chi connectivity index (χ0v) is 18.1. The number of nitrogens with one attached hydrogen (secondary N) is 1. The van der Waals surface area contributed by atoms with E-state index in [9.17, 15) is 29.7 Å². The standard InChI is InChI=1S/C22H25NO11/c1-11(20(28)29)10-33-19-17(23-12(2)25)22(34-16(9-24)18(19)27)32-7-3-4-13-5-6-15(26)14(8-13)21(30)31/h5-6,8,16-19,22,24,26-27H,1,7,9-10H2,2H3,(H,23,25)(H,28,29)(H,30,31)/t16-,17-,18+,19+,22+/m0/s1. The van der Waals surface area contributed by atoms with Crippen LogP contribution in [0.4, 0.5) is 0 Å². The van der Waals surface area contributed by atoms with Gasteiger partial charge in [-0.1, -0.05) is 18.4 Å². The number of ether oxygens (including phenoxy) is 3. The van der Waals surface area contributed by atoms with Gasteiger partial charge in [-0.3, -0.25) is 4.79 Å². The smallest absolute Gasteiger partial charge is 0.339 e. The fourth-order valence-corrected chi connectivity index (χ4v) is 3.10. The van der Waals surface area contributed by atoms with Crippen LogP contribution in [0.2, 0.25) is 0 Å². The van der Waals surface area contributed by atoms with Crippen molar-refractivity contribution in [3.8, 4) is 17.6 Å². The summed E-state index contributed by atoms with van der Waals surface area (Å²) < 4.78 is 16.6. The number of benzene rings is 1. The van der Waals surface area contributed by atoms with E-state index in [2.05, 4.69) is 23.7 Å². The van der Waals surface area contributed by atoms with Gasteiger partial charge in [-0.2, -0.15) is 0 Å². The number of aromatic carboxylic acids is 1. The molecule has 5 atom stereocenters. The van der Waals surface area contributed by atoms with Crippen LogP contribution in [-0.2, 0) is 23.8 Å². The molecule has 1 aromatic carbocycles. The number of amides is 1. The average Bonchev–Trinajstić information content (AvgIpc) is 2.77. The maximum atomic E-state index is 11.7. The molecule has 34 heavy (non-hydrogen) atoms. The van der Waals surface area contributed by atoms with Crippen molar-refractivity contribution in [2.75, 3.05) is 19.8 Å². The zero-order chi connectivity index (χ0) is 25.4. The summed E-state index contributed by atoms with van der Waals surface area (Å²) >= 11 is 0. The summed E-state index contributed by atoms with van der Waals surface area (Å²) in [6, 6.07) is 2.68. The Balaban J connectivity index is 2.18. The molecule has 0 spiro atoms. The number of aliphatic carboxylic acids is 1. The Morgan fingerprint density at radius 2 is 1.94 bits per heavy atom. The van der Waals surface area contributed by atoms with Gasteiger partial charge in [0.15, 0.2) is 6.29 Å². The van der Waals surface area contributed by atoms with Gasteiger partial charge >= 0.3 is 11.9 Å². The van der Waals surface area contributed by atoms with Crippen molar-refractivity contribution in [3.05, 3.63) is 41.5 Å². The van der Waals surface area contributed by atoms with E-state index in [4.69, 9.17) is 24.4 Å².